The van der Waals surface area contributed by atoms with Gasteiger partial charge >= 0.3 is 0 Å². The van der Waals surface area contributed by atoms with Gasteiger partial charge in [0.05, 0.1) is 28.8 Å². The van der Waals surface area contributed by atoms with Crippen LogP contribution in [0, 0.1) is 13.8 Å². The number of hydrogen-bond acceptors (Lipinski definition) is 9. The van der Waals surface area contributed by atoms with E-state index in [1.165, 1.54) is 16.0 Å². The number of nitrogens with zero attached hydrogens (tertiary/aromatic N) is 4. The minimum atomic E-state index is -0.0976. The van der Waals surface area contributed by atoms with Gasteiger partial charge in [0.15, 0.2) is 0 Å². The second-order valence-electron chi connectivity index (χ2n) is 10.4. The fourth-order valence-corrected chi connectivity index (χ4v) is 7.35. The van der Waals surface area contributed by atoms with E-state index in [1.807, 2.05) is 25.1 Å². The number of rotatable bonds is 6. The topological polar surface area (TPSA) is 94.0 Å². The van der Waals surface area contributed by atoms with Gasteiger partial charge in [-0.3, -0.25) is 9.36 Å². The monoisotopic (exact) mass is 582 g/mol. The highest BCUT2D eigenvalue weighted by Crippen LogP contribution is 2.36. The van der Waals surface area contributed by atoms with Crippen molar-refractivity contribution < 1.29 is 4.74 Å². The Balaban J connectivity index is 1.26. The molecule has 0 spiro atoms. The maximum absolute atomic E-state index is 14.1. The molecule has 7 rings (SSSR count). The molecule has 4 aromatic heterocycles. The molecule has 1 aromatic carbocycles. The zero-order valence-electron chi connectivity index (χ0n) is 22.9. The Kier molecular flexibility index (Phi) is 7.00. The predicted octanol–water partition coefficient (Wildman–Crippen LogP) is 6.34. The molecule has 1 saturated heterocycles. The average molecular weight is 583 g/mol. The molecular formula is C31H30N6O2S2. The zero-order chi connectivity index (χ0) is 27.9. The second-order valence-corrected chi connectivity index (χ2v) is 12.9. The molecule has 6 heterocycles. The van der Waals surface area contributed by atoms with Crippen molar-refractivity contribution in [1.29, 1.82) is 0 Å². The first-order valence-corrected chi connectivity index (χ1v) is 15.5. The molecule has 0 bridgehead atoms. The predicted molar refractivity (Wildman–Crippen MR) is 167 cm³/mol. The third-order valence-electron chi connectivity index (χ3n) is 7.62. The number of pyridine rings is 1. The van der Waals surface area contributed by atoms with Crippen LogP contribution in [0.1, 0.15) is 34.2 Å². The highest BCUT2D eigenvalue weighted by molar-refractivity contribution is 7.22. The fourth-order valence-electron chi connectivity index (χ4n) is 5.50. The number of ether oxygens (including phenoxy) is 1. The van der Waals surface area contributed by atoms with E-state index in [1.54, 1.807) is 33.4 Å². The summed E-state index contributed by atoms with van der Waals surface area (Å²) in [5.41, 5.74) is 5.29. The van der Waals surface area contributed by atoms with Crippen molar-refractivity contribution in [3.05, 3.63) is 80.4 Å². The Labute approximate surface area is 245 Å². The van der Waals surface area contributed by atoms with Gasteiger partial charge in [-0.25, -0.2) is 9.97 Å². The molecular weight excluding hydrogens is 553 g/mol. The van der Waals surface area contributed by atoms with Gasteiger partial charge in [-0.05, 0) is 74.7 Å². The van der Waals surface area contributed by atoms with Gasteiger partial charge in [0.2, 0.25) is 5.95 Å². The van der Waals surface area contributed by atoms with Crippen LogP contribution in [0.2, 0.25) is 0 Å². The van der Waals surface area contributed by atoms with Crippen LogP contribution < -0.4 is 16.2 Å². The minimum Gasteiger partial charge on any atom is -0.379 e. The first-order valence-electron chi connectivity index (χ1n) is 13.9. The third-order valence-corrected chi connectivity index (χ3v) is 9.76. The molecule has 1 atom stereocenters. The summed E-state index contributed by atoms with van der Waals surface area (Å²) in [5, 5.41) is 8.42. The van der Waals surface area contributed by atoms with Crippen molar-refractivity contribution in [3.8, 4) is 21.1 Å². The summed E-state index contributed by atoms with van der Waals surface area (Å²) in [4.78, 5) is 31.9. The van der Waals surface area contributed by atoms with E-state index in [2.05, 4.69) is 52.9 Å². The van der Waals surface area contributed by atoms with Gasteiger partial charge in [-0.1, -0.05) is 18.2 Å². The number of thiophene rings is 1. The third kappa shape index (κ3) is 5.12. The first kappa shape index (κ1) is 26.2. The Morgan fingerprint density at radius 3 is 2.71 bits per heavy atom. The summed E-state index contributed by atoms with van der Waals surface area (Å²) in [7, 11) is 0. The van der Waals surface area contributed by atoms with E-state index in [-0.39, 0.29) is 11.6 Å². The summed E-state index contributed by atoms with van der Waals surface area (Å²) < 4.78 is 7.49. The summed E-state index contributed by atoms with van der Waals surface area (Å²) >= 11 is 3.33. The van der Waals surface area contributed by atoms with Crippen LogP contribution in [-0.4, -0.2) is 45.8 Å². The van der Waals surface area contributed by atoms with Gasteiger partial charge in [0.25, 0.3) is 5.56 Å². The molecule has 5 aromatic rings. The van der Waals surface area contributed by atoms with Crippen molar-refractivity contribution in [2.75, 3.05) is 31.6 Å². The van der Waals surface area contributed by atoms with Crippen LogP contribution >= 0.6 is 22.7 Å². The standard InChI is InChI=1S/C31H30N6O2S2/c1-18-3-8-26(40-18)29-35-27(19(2)41-29)25-15-22-16-33-31(36-28(22)37(30(25)38)24-11-14-39-17-24)34-23-6-4-20(5-7-23)21-9-12-32-13-10-21/h3-9,15-16,24,32H,10-14,17H2,1-2H3,(H,33,34,36). The molecule has 1 unspecified atom stereocenters. The van der Waals surface area contributed by atoms with E-state index in [4.69, 9.17) is 14.7 Å². The Bertz CT molecular complexity index is 1830. The lowest BCUT2D eigenvalue weighted by Gasteiger charge is -2.17. The number of anilines is 2. The zero-order valence-corrected chi connectivity index (χ0v) is 24.6. The number of benzene rings is 1. The Hall–Kier alpha value is -3.70. The summed E-state index contributed by atoms with van der Waals surface area (Å²) in [5.74, 6) is 0.450. The van der Waals surface area contributed by atoms with Gasteiger partial charge in [0.1, 0.15) is 10.7 Å². The van der Waals surface area contributed by atoms with Crippen LogP contribution in [0.15, 0.2) is 59.5 Å². The van der Waals surface area contributed by atoms with E-state index < -0.39 is 0 Å². The van der Waals surface area contributed by atoms with Crippen molar-refractivity contribution in [3.63, 3.8) is 0 Å². The lowest BCUT2D eigenvalue weighted by molar-refractivity contribution is 0.186. The van der Waals surface area contributed by atoms with E-state index in [0.717, 1.165) is 57.5 Å². The average Bonchev–Trinajstić information content (AvgIpc) is 3.76. The number of hydrogen-bond donors (Lipinski definition) is 2. The molecule has 0 saturated carbocycles. The number of fused-ring (bicyclic) bond motifs is 1. The fraction of sp³-hybridized carbons (Fsp3) is 0.290. The number of aryl methyl sites for hydroxylation is 2. The highest BCUT2D eigenvalue weighted by Gasteiger charge is 2.25. The number of thiazole rings is 1. The number of aromatic nitrogens is 4. The maximum Gasteiger partial charge on any atom is 0.262 e. The Morgan fingerprint density at radius 2 is 1.98 bits per heavy atom. The summed E-state index contributed by atoms with van der Waals surface area (Å²) in [6.45, 7) is 7.13. The summed E-state index contributed by atoms with van der Waals surface area (Å²) in [6.07, 6.45) is 5.82. The van der Waals surface area contributed by atoms with Crippen LogP contribution in [0.25, 0.3) is 37.7 Å². The van der Waals surface area contributed by atoms with Crippen LogP contribution in [0.4, 0.5) is 11.6 Å². The maximum atomic E-state index is 14.1. The molecule has 208 valence electrons. The van der Waals surface area contributed by atoms with E-state index in [9.17, 15) is 4.79 Å². The second kappa shape index (κ2) is 10.9. The normalized spacial score (nSPS) is 17.2. The van der Waals surface area contributed by atoms with Crippen LogP contribution in [0.5, 0.6) is 0 Å². The molecule has 41 heavy (non-hydrogen) atoms. The van der Waals surface area contributed by atoms with Gasteiger partial charge in [-0.15, -0.1) is 22.7 Å². The molecule has 2 aliphatic rings. The van der Waals surface area contributed by atoms with Crippen LogP contribution in [-0.2, 0) is 4.74 Å². The van der Waals surface area contributed by atoms with Crippen molar-refractivity contribution in [2.24, 2.45) is 0 Å². The lowest BCUT2D eigenvalue weighted by atomic mass is 10.0. The molecule has 2 aliphatic heterocycles. The van der Waals surface area contributed by atoms with E-state index >= 15 is 0 Å². The van der Waals surface area contributed by atoms with E-state index in [0.29, 0.717) is 30.4 Å². The van der Waals surface area contributed by atoms with Crippen LogP contribution in [0.3, 0.4) is 0 Å². The van der Waals surface area contributed by atoms with Gasteiger partial charge < -0.3 is 15.4 Å². The lowest BCUT2D eigenvalue weighted by Crippen LogP contribution is -2.28. The molecule has 2 N–H and O–H groups in total. The molecule has 10 heteroatoms. The smallest absolute Gasteiger partial charge is 0.262 e. The van der Waals surface area contributed by atoms with Crippen molar-refractivity contribution >= 4 is 50.9 Å². The summed E-state index contributed by atoms with van der Waals surface area (Å²) in [6, 6.07) is 14.3. The molecule has 8 nitrogen and oxygen atoms in total. The molecule has 0 amide bonds. The molecule has 0 aliphatic carbocycles. The largest absolute Gasteiger partial charge is 0.379 e. The van der Waals surface area contributed by atoms with Crippen molar-refractivity contribution in [2.45, 2.75) is 32.7 Å². The quantitative estimate of drug-likeness (QED) is 0.241. The first-order chi connectivity index (χ1) is 20.0. The highest BCUT2D eigenvalue weighted by atomic mass is 32.1. The molecule has 1 fully saturated rings. The van der Waals surface area contributed by atoms with Gasteiger partial charge in [0, 0.05) is 40.2 Å². The molecule has 0 radical (unpaired) electrons. The van der Waals surface area contributed by atoms with Crippen molar-refractivity contribution in [1.82, 2.24) is 24.8 Å². The number of nitrogens with one attached hydrogen (secondary N) is 2. The SMILES string of the molecule is Cc1ccc(-c2nc(-c3cc4cnc(Nc5ccc(C6=CCNCC6)cc5)nc4n(C4CCOC4)c3=O)c(C)s2)s1. The Morgan fingerprint density at radius 1 is 1.10 bits per heavy atom. The van der Waals surface area contributed by atoms with Gasteiger partial charge in [-0.2, -0.15) is 4.98 Å². The minimum absolute atomic E-state index is 0.0939.